The molecule has 0 fully saturated rings. The second-order valence-corrected chi connectivity index (χ2v) is 14.2. The molecule has 1 unspecified atom stereocenters. The normalized spacial score (nSPS) is 12.4. The van der Waals surface area contributed by atoms with Crippen LogP contribution in [0.3, 0.4) is 0 Å². The number of aliphatic hydroxyl groups is 1. The van der Waals surface area contributed by atoms with Crippen molar-refractivity contribution in [2.45, 2.75) is 86.2 Å². The van der Waals surface area contributed by atoms with Gasteiger partial charge in [-0.2, -0.15) is 8.42 Å². The van der Waals surface area contributed by atoms with Gasteiger partial charge in [-0.05, 0) is 82.9 Å². The van der Waals surface area contributed by atoms with E-state index in [1.165, 1.54) is 43.5 Å². The summed E-state index contributed by atoms with van der Waals surface area (Å²) in [4.78, 5) is 2.08. The predicted molar refractivity (Wildman–Crippen MR) is 179 cm³/mol. The molecule has 44 heavy (non-hydrogen) atoms. The maximum Gasteiger partial charge on any atom is 0.295 e. The molecule has 0 bridgehead atoms. The lowest BCUT2D eigenvalue weighted by atomic mass is 9.94. The van der Waals surface area contributed by atoms with Gasteiger partial charge in [-0.3, -0.25) is 4.55 Å². The van der Waals surface area contributed by atoms with Crippen LogP contribution in [-0.4, -0.2) is 31.3 Å². The number of ether oxygens (including phenoxy) is 2. The monoisotopic (exact) mass is 654 g/mol. The van der Waals surface area contributed by atoms with E-state index in [-0.39, 0.29) is 4.90 Å². The van der Waals surface area contributed by atoms with Crippen LogP contribution >= 0.6 is 23.1 Å². The van der Waals surface area contributed by atoms with Gasteiger partial charge in [0, 0.05) is 21.3 Å². The van der Waals surface area contributed by atoms with Gasteiger partial charge in [0.2, 0.25) is 0 Å². The van der Waals surface area contributed by atoms with E-state index in [1.54, 1.807) is 17.4 Å². The molecule has 4 aromatic rings. The minimum atomic E-state index is -4.53. The molecule has 236 valence electrons. The molecular formula is C35H42O6S3. The molecule has 0 saturated carbocycles. The number of rotatable bonds is 18. The standard InChI is InChI=1S/C35H42O6S3/c1-3-5-7-8-11-20-40-24-30-22-27(25-42-30)35(36)32-13-10-9-12-31(32)26-14-19-33(34(23-26)44(37,38)39)43-29-17-15-28(16-18-29)41-21-6-4-2/h9-10,12-19,22-23,25,35-36H,3-8,11,20-21,24H2,1-2H3,(H,37,38,39). The molecule has 0 aliphatic rings. The maximum atomic E-state index is 12.5. The van der Waals surface area contributed by atoms with Crippen molar-refractivity contribution in [1.82, 2.24) is 0 Å². The van der Waals surface area contributed by atoms with E-state index >= 15 is 0 Å². The Morgan fingerprint density at radius 2 is 1.61 bits per heavy atom. The van der Waals surface area contributed by atoms with Crippen molar-refractivity contribution >= 4 is 33.2 Å². The molecule has 0 amide bonds. The Morgan fingerprint density at radius 3 is 2.36 bits per heavy atom. The van der Waals surface area contributed by atoms with E-state index in [1.807, 2.05) is 66.0 Å². The molecular weight excluding hydrogens is 613 g/mol. The van der Waals surface area contributed by atoms with Crippen molar-refractivity contribution in [1.29, 1.82) is 0 Å². The van der Waals surface area contributed by atoms with Gasteiger partial charge in [0.25, 0.3) is 10.1 Å². The Bertz CT molecular complexity index is 1560. The molecule has 0 aliphatic carbocycles. The van der Waals surface area contributed by atoms with Gasteiger partial charge in [-0.25, -0.2) is 0 Å². The fraction of sp³-hybridized carbons (Fsp3) is 0.371. The third-order valence-electron chi connectivity index (χ3n) is 7.23. The third-order valence-corrected chi connectivity index (χ3v) is 10.3. The summed E-state index contributed by atoms with van der Waals surface area (Å²) in [5.41, 5.74) is 2.67. The van der Waals surface area contributed by atoms with Crippen LogP contribution < -0.4 is 4.74 Å². The Labute approximate surface area is 270 Å². The number of aliphatic hydroxyl groups excluding tert-OH is 1. The zero-order chi connectivity index (χ0) is 31.4. The second kappa shape index (κ2) is 17.1. The van der Waals surface area contributed by atoms with Crippen LogP contribution in [0.4, 0.5) is 0 Å². The highest BCUT2D eigenvalue weighted by Crippen LogP contribution is 2.39. The summed E-state index contributed by atoms with van der Waals surface area (Å²) in [7, 11) is -4.53. The lowest BCUT2D eigenvalue weighted by molar-refractivity contribution is 0.118. The van der Waals surface area contributed by atoms with Gasteiger partial charge in [0.15, 0.2) is 0 Å². The highest BCUT2D eigenvalue weighted by Gasteiger charge is 2.21. The first kappa shape index (κ1) is 34.2. The van der Waals surface area contributed by atoms with Crippen LogP contribution in [0.2, 0.25) is 0 Å². The summed E-state index contributed by atoms with van der Waals surface area (Å²) in [6, 6.07) is 21.8. The number of benzene rings is 3. The van der Waals surface area contributed by atoms with Crippen molar-refractivity contribution in [3.63, 3.8) is 0 Å². The highest BCUT2D eigenvalue weighted by molar-refractivity contribution is 8.00. The SMILES string of the molecule is CCCCCCCOCc1cc(C(O)c2ccccc2-c2ccc(Sc3ccc(OCCCC)cc3)c(S(=O)(=O)O)c2)cs1. The van der Waals surface area contributed by atoms with Gasteiger partial charge in [-0.1, -0.05) is 88.0 Å². The lowest BCUT2D eigenvalue weighted by Gasteiger charge is -2.16. The summed E-state index contributed by atoms with van der Waals surface area (Å²) in [5.74, 6) is 0.756. The van der Waals surface area contributed by atoms with E-state index in [2.05, 4.69) is 13.8 Å². The minimum Gasteiger partial charge on any atom is -0.494 e. The topological polar surface area (TPSA) is 93.1 Å². The van der Waals surface area contributed by atoms with Crippen molar-refractivity contribution in [2.75, 3.05) is 13.2 Å². The largest absolute Gasteiger partial charge is 0.494 e. The van der Waals surface area contributed by atoms with Crippen LogP contribution in [0.1, 0.15) is 80.9 Å². The van der Waals surface area contributed by atoms with Gasteiger partial charge >= 0.3 is 0 Å². The van der Waals surface area contributed by atoms with Gasteiger partial charge in [-0.15, -0.1) is 11.3 Å². The van der Waals surface area contributed by atoms with Crippen molar-refractivity contribution in [3.8, 4) is 16.9 Å². The molecule has 9 heteroatoms. The van der Waals surface area contributed by atoms with E-state index in [9.17, 15) is 18.1 Å². The fourth-order valence-corrected chi connectivity index (χ4v) is 7.50. The van der Waals surface area contributed by atoms with Crippen molar-refractivity contribution in [2.24, 2.45) is 0 Å². The first-order valence-corrected chi connectivity index (χ1v) is 18.4. The first-order valence-electron chi connectivity index (χ1n) is 15.2. The molecule has 4 rings (SSSR count). The van der Waals surface area contributed by atoms with Crippen LogP contribution in [0.15, 0.2) is 92.9 Å². The molecule has 0 radical (unpaired) electrons. The zero-order valence-electron chi connectivity index (χ0n) is 25.4. The molecule has 2 N–H and O–H groups in total. The molecule has 0 spiro atoms. The van der Waals surface area contributed by atoms with Gasteiger partial charge in [0.05, 0.1) is 13.2 Å². The highest BCUT2D eigenvalue weighted by atomic mass is 32.2. The van der Waals surface area contributed by atoms with E-state index in [0.29, 0.717) is 34.8 Å². The molecule has 6 nitrogen and oxygen atoms in total. The molecule has 1 aromatic heterocycles. The van der Waals surface area contributed by atoms with E-state index < -0.39 is 16.2 Å². The number of hydrogen-bond acceptors (Lipinski definition) is 7. The first-order chi connectivity index (χ1) is 21.3. The summed E-state index contributed by atoms with van der Waals surface area (Å²) in [6.45, 7) is 6.20. The van der Waals surface area contributed by atoms with Crippen LogP contribution in [0.25, 0.3) is 11.1 Å². The number of hydrogen-bond donors (Lipinski definition) is 2. The van der Waals surface area contributed by atoms with E-state index in [4.69, 9.17) is 9.47 Å². The number of unbranched alkanes of at least 4 members (excludes halogenated alkanes) is 5. The van der Waals surface area contributed by atoms with Gasteiger partial charge < -0.3 is 14.6 Å². The smallest absolute Gasteiger partial charge is 0.295 e. The van der Waals surface area contributed by atoms with Gasteiger partial charge in [0.1, 0.15) is 16.7 Å². The quantitative estimate of drug-likeness (QED) is 0.0815. The molecule has 1 heterocycles. The Kier molecular flexibility index (Phi) is 13.3. The molecule has 1 atom stereocenters. The van der Waals surface area contributed by atoms with Crippen molar-refractivity contribution < 1.29 is 27.6 Å². The molecule has 0 aliphatic heterocycles. The zero-order valence-corrected chi connectivity index (χ0v) is 27.9. The Morgan fingerprint density at radius 1 is 0.864 bits per heavy atom. The third kappa shape index (κ3) is 9.92. The molecule has 0 saturated heterocycles. The average molecular weight is 655 g/mol. The average Bonchev–Trinajstić information content (AvgIpc) is 3.50. The van der Waals surface area contributed by atoms with Crippen LogP contribution in [0.5, 0.6) is 5.75 Å². The molecule has 3 aromatic carbocycles. The number of thiophene rings is 1. The predicted octanol–water partition coefficient (Wildman–Crippen LogP) is 9.56. The van der Waals surface area contributed by atoms with E-state index in [0.717, 1.165) is 47.0 Å². The van der Waals surface area contributed by atoms with Crippen LogP contribution in [-0.2, 0) is 21.5 Å². The summed E-state index contributed by atoms with van der Waals surface area (Å²) in [5, 5.41) is 13.3. The summed E-state index contributed by atoms with van der Waals surface area (Å²) >= 11 is 2.80. The van der Waals surface area contributed by atoms with Crippen molar-refractivity contribution in [3.05, 3.63) is 94.2 Å². The fourth-order valence-electron chi connectivity index (χ4n) is 4.80. The minimum absolute atomic E-state index is 0.183. The summed E-state index contributed by atoms with van der Waals surface area (Å²) < 4.78 is 46.8. The Hall–Kier alpha value is -2.66. The summed E-state index contributed by atoms with van der Waals surface area (Å²) in [6.07, 6.45) is 7.08. The second-order valence-electron chi connectivity index (χ2n) is 10.7. The Balaban J connectivity index is 1.50. The van der Waals surface area contributed by atoms with Crippen LogP contribution in [0, 0.1) is 0 Å². The lowest BCUT2D eigenvalue weighted by Crippen LogP contribution is -2.03. The maximum absolute atomic E-state index is 12.5.